The van der Waals surface area contributed by atoms with Crippen LogP contribution in [0.25, 0.3) is 5.69 Å². The Bertz CT molecular complexity index is 1090. The van der Waals surface area contributed by atoms with Gasteiger partial charge in [-0.2, -0.15) is 4.68 Å². The van der Waals surface area contributed by atoms with Crippen molar-refractivity contribution >= 4 is 21.4 Å². The summed E-state index contributed by atoms with van der Waals surface area (Å²) in [5.41, 5.74) is 0.575. The Kier molecular flexibility index (Phi) is 4.38. The first-order chi connectivity index (χ1) is 12.3. The van der Waals surface area contributed by atoms with Crippen LogP contribution in [-0.4, -0.2) is 33.5 Å². The van der Waals surface area contributed by atoms with E-state index < -0.39 is 20.6 Å². The number of tetrazole rings is 1. The van der Waals surface area contributed by atoms with E-state index in [2.05, 4.69) is 20.2 Å². The Labute approximate surface area is 148 Å². The highest BCUT2D eigenvalue weighted by molar-refractivity contribution is 7.93. The van der Waals surface area contributed by atoms with Gasteiger partial charge in [0.1, 0.15) is 0 Å². The molecule has 1 N–H and O–H groups in total. The lowest BCUT2D eigenvalue weighted by Gasteiger charge is -2.11. The molecule has 0 radical (unpaired) electrons. The molecule has 1 aromatic heterocycles. The quantitative estimate of drug-likeness (QED) is 0.533. The van der Waals surface area contributed by atoms with Crippen molar-refractivity contribution in [2.75, 3.05) is 4.72 Å². The Morgan fingerprint density at radius 1 is 1.15 bits per heavy atom. The third-order valence-corrected chi connectivity index (χ3v) is 5.20. The molecule has 0 unspecified atom stereocenters. The minimum atomic E-state index is -4.17. The number of nitro benzene ring substituents is 1. The fourth-order valence-electron chi connectivity index (χ4n) is 2.51. The van der Waals surface area contributed by atoms with E-state index >= 15 is 0 Å². The number of sulfonamides is 1. The maximum atomic E-state index is 12.7. The van der Waals surface area contributed by atoms with E-state index in [0.29, 0.717) is 11.5 Å². The highest BCUT2D eigenvalue weighted by atomic mass is 32.2. The molecule has 0 fully saturated rings. The lowest BCUT2D eigenvalue weighted by molar-refractivity contribution is -0.387. The maximum Gasteiger partial charge on any atom is 0.290 e. The van der Waals surface area contributed by atoms with Gasteiger partial charge in [0.15, 0.2) is 10.7 Å². The highest BCUT2D eigenvalue weighted by Gasteiger charge is 2.28. The number of hydrogen-bond acceptors (Lipinski definition) is 7. The monoisotopic (exact) mass is 374 g/mol. The third-order valence-electron chi connectivity index (χ3n) is 3.62. The highest BCUT2D eigenvalue weighted by Crippen LogP contribution is 2.29. The summed E-state index contributed by atoms with van der Waals surface area (Å²) < 4.78 is 29.3. The normalized spacial score (nSPS) is 11.3. The molecule has 0 amide bonds. The van der Waals surface area contributed by atoms with Crippen LogP contribution in [-0.2, 0) is 10.0 Å². The summed E-state index contributed by atoms with van der Waals surface area (Å²) in [5, 5.41) is 22.3. The fraction of sp³-hybridized carbons (Fsp3) is 0.133. The van der Waals surface area contributed by atoms with Crippen LogP contribution in [0.1, 0.15) is 11.4 Å². The SMILES string of the molecule is Cc1cccc([N+](=O)[O-])c1S(=O)(=O)Nc1cccc(-n2nnnc2C)c1. The van der Waals surface area contributed by atoms with E-state index in [1.807, 2.05) is 0 Å². The second-order valence-corrected chi connectivity index (χ2v) is 7.09. The topological polar surface area (TPSA) is 133 Å². The predicted molar refractivity (Wildman–Crippen MR) is 92.5 cm³/mol. The van der Waals surface area contributed by atoms with E-state index in [4.69, 9.17) is 0 Å². The maximum absolute atomic E-state index is 12.7. The zero-order chi connectivity index (χ0) is 18.9. The lowest BCUT2D eigenvalue weighted by atomic mass is 10.2. The van der Waals surface area contributed by atoms with Gasteiger partial charge in [-0.15, -0.1) is 5.10 Å². The summed E-state index contributed by atoms with van der Waals surface area (Å²) in [6.07, 6.45) is 0. The minimum Gasteiger partial charge on any atom is -0.279 e. The number of nitro groups is 1. The van der Waals surface area contributed by atoms with Crippen molar-refractivity contribution < 1.29 is 13.3 Å². The van der Waals surface area contributed by atoms with Crippen molar-refractivity contribution in [3.8, 4) is 5.69 Å². The molecule has 11 heteroatoms. The molecule has 134 valence electrons. The van der Waals surface area contributed by atoms with E-state index in [9.17, 15) is 18.5 Å². The second kappa shape index (κ2) is 6.52. The standard InChI is InChI=1S/C15H14N6O4S/c1-10-5-3-8-14(21(22)23)15(10)26(24,25)17-12-6-4-7-13(9-12)20-11(2)16-18-19-20/h3-9,17H,1-2H3. The smallest absolute Gasteiger partial charge is 0.279 e. The molecule has 0 spiro atoms. The number of aromatic nitrogens is 4. The van der Waals surface area contributed by atoms with E-state index in [1.54, 1.807) is 19.1 Å². The van der Waals surface area contributed by atoms with E-state index in [0.717, 1.165) is 6.07 Å². The van der Waals surface area contributed by atoms with Crippen LogP contribution in [0.4, 0.5) is 11.4 Å². The summed E-state index contributed by atoms with van der Waals surface area (Å²) in [5.74, 6) is 0.527. The molecule has 10 nitrogen and oxygen atoms in total. The van der Waals surface area contributed by atoms with Gasteiger partial charge in [0.25, 0.3) is 15.7 Å². The van der Waals surface area contributed by atoms with Gasteiger partial charge >= 0.3 is 0 Å². The van der Waals surface area contributed by atoms with Crippen LogP contribution in [0.3, 0.4) is 0 Å². The van der Waals surface area contributed by atoms with Crippen molar-refractivity contribution in [1.29, 1.82) is 0 Å². The van der Waals surface area contributed by atoms with Gasteiger partial charge < -0.3 is 0 Å². The number of rotatable bonds is 5. The van der Waals surface area contributed by atoms with Crippen molar-refractivity contribution in [3.63, 3.8) is 0 Å². The molecule has 26 heavy (non-hydrogen) atoms. The molecule has 0 saturated heterocycles. The van der Waals surface area contributed by atoms with Gasteiger partial charge in [0.05, 0.1) is 16.3 Å². The van der Waals surface area contributed by atoms with Crippen LogP contribution < -0.4 is 4.72 Å². The van der Waals surface area contributed by atoms with E-state index in [-0.39, 0.29) is 16.1 Å². The number of hydrogen-bond donors (Lipinski definition) is 1. The van der Waals surface area contributed by atoms with Gasteiger partial charge in [-0.05, 0) is 48.0 Å². The molecule has 0 aliphatic heterocycles. The molecule has 3 aromatic rings. The molecule has 0 aliphatic carbocycles. The zero-order valence-corrected chi connectivity index (χ0v) is 14.6. The molecular formula is C15H14N6O4S. The van der Waals surface area contributed by atoms with Gasteiger partial charge in [0.2, 0.25) is 0 Å². The summed E-state index contributed by atoms with van der Waals surface area (Å²) >= 11 is 0. The minimum absolute atomic E-state index is 0.231. The summed E-state index contributed by atoms with van der Waals surface area (Å²) in [6, 6.07) is 10.5. The van der Waals surface area contributed by atoms with Crippen molar-refractivity contribution in [2.24, 2.45) is 0 Å². The van der Waals surface area contributed by atoms with Crippen LogP contribution >= 0.6 is 0 Å². The van der Waals surface area contributed by atoms with Gasteiger partial charge in [-0.3, -0.25) is 14.8 Å². The van der Waals surface area contributed by atoms with Crippen LogP contribution in [0, 0.1) is 24.0 Å². The Morgan fingerprint density at radius 2 is 1.88 bits per heavy atom. The molecular weight excluding hydrogens is 360 g/mol. The molecule has 1 heterocycles. The van der Waals surface area contributed by atoms with Crippen molar-refractivity contribution in [1.82, 2.24) is 20.2 Å². The van der Waals surface area contributed by atoms with Gasteiger partial charge in [-0.1, -0.05) is 18.2 Å². The first-order valence-corrected chi connectivity index (χ1v) is 8.90. The van der Waals surface area contributed by atoms with Gasteiger partial charge in [-0.25, -0.2) is 8.42 Å². The first kappa shape index (κ1) is 17.5. The first-order valence-electron chi connectivity index (χ1n) is 7.42. The Morgan fingerprint density at radius 3 is 2.54 bits per heavy atom. The summed E-state index contributed by atoms with van der Waals surface area (Å²) in [6.45, 7) is 3.20. The molecule has 0 bridgehead atoms. The molecule has 0 saturated carbocycles. The van der Waals surface area contributed by atoms with Crippen molar-refractivity contribution in [2.45, 2.75) is 18.7 Å². The van der Waals surface area contributed by atoms with E-state index in [1.165, 1.54) is 35.9 Å². The Balaban J connectivity index is 2.02. The van der Waals surface area contributed by atoms with Gasteiger partial charge in [0, 0.05) is 6.07 Å². The number of benzene rings is 2. The average Bonchev–Trinajstić information content (AvgIpc) is 3.00. The molecule has 3 rings (SSSR count). The largest absolute Gasteiger partial charge is 0.290 e. The van der Waals surface area contributed by atoms with Crippen molar-refractivity contribution in [3.05, 3.63) is 64.0 Å². The average molecular weight is 374 g/mol. The Hall–Kier alpha value is -3.34. The lowest BCUT2D eigenvalue weighted by Crippen LogP contribution is -2.16. The number of nitrogens with zero attached hydrogens (tertiary/aromatic N) is 5. The number of anilines is 1. The zero-order valence-electron chi connectivity index (χ0n) is 13.8. The second-order valence-electron chi connectivity index (χ2n) is 5.47. The molecule has 0 aliphatic rings. The summed E-state index contributed by atoms with van der Waals surface area (Å²) in [4.78, 5) is 10.1. The third kappa shape index (κ3) is 3.24. The van der Waals surface area contributed by atoms with Crippen LogP contribution in [0.5, 0.6) is 0 Å². The molecule has 2 aromatic carbocycles. The number of aryl methyl sites for hydroxylation is 2. The number of nitrogens with one attached hydrogen (secondary N) is 1. The summed E-state index contributed by atoms with van der Waals surface area (Å²) in [7, 11) is -4.17. The predicted octanol–water partition coefficient (Wildman–Crippen LogP) is 1.99. The van der Waals surface area contributed by atoms with Crippen LogP contribution in [0.2, 0.25) is 0 Å². The fourth-order valence-corrected chi connectivity index (χ4v) is 3.96. The van der Waals surface area contributed by atoms with Crippen LogP contribution in [0.15, 0.2) is 47.4 Å². The molecule has 0 atom stereocenters.